The van der Waals surface area contributed by atoms with E-state index in [1.165, 1.54) is 0 Å². The van der Waals surface area contributed by atoms with Crippen LogP contribution in [0, 0.1) is 11.3 Å². The normalized spacial score (nSPS) is 12.1. The molecule has 0 fully saturated rings. The van der Waals surface area contributed by atoms with Crippen molar-refractivity contribution in [3.05, 3.63) is 29.6 Å². The molecule has 3 nitrogen and oxygen atoms in total. The van der Waals surface area contributed by atoms with Crippen molar-refractivity contribution in [2.75, 3.05) is 0 Å². The van der Waals surface area contributed by atoms with Crippen LogP contribution >= 0.6 is 0 Å². The van der Waals surface area contributed by atoms with Crippen molar-refractivity contribution < 1.29 is 0 Å². The van der Waals surface area contributed by atoms with Crippen molar-refractivity contribution in [1.29, 1.82) is 5.26 Å². The van der Waals surface area contributed by atoms with Gasteiger partial charge >= 0.3 is 0 Å². The van der Waals surface area contributed by atoms with Gasteiger partial charge in [-0.05, 0) is 13.0 Å². The van der Waals surface area contributed by atoms with Crippen molar-refractivity contribution in [2.24, 2.45) is 5.73 Å². The molecule has 0 aliphatic rings. The second-order valence-electron chi connectivity index (χ2n) is 2.36. The highest BCUT2D eigenvalue weighted by atomic mass is 14.7. The molecule has 0 aliphatic carbocycles. The molecule has 0 saturated carbocycles. The van der Waals surface area contributed by atoms with Crippen molar-refractivity contribution in [3.63, 3.8) is 0 Å². The van der Waals surface area contributed by atoms with E-state index in [1.807, 2.05) is 6.92 Å². The third-order valence-electron chi connectivity index (χ3n) is 1.46. The third-order valence-corrected chi connectivity index (χ3v) is 1.46. The van der Waals surface area contributed by atoms with Gasteiger partial charge in [0.2, 0.25) is 0 Å². The van der Waals surface area contributed by atoms with Crippen LogP contribution in [0.3, 0.4) is 0 Å². The van der Waals surface area contributed by atoms with Gasteiger partial charge in [0.1, 0.15) is 0 Å². The number of nitriles is 1. The molecule has 1 atom stereocenters. The van der Waals surface area contributed by atoms with E-state index >= 15 is 0 Å². The van der Waals surface area contributed by atoms with Crippen LogP contribution in [0.25, 0.3) is 0 Å². The van der Waals surface area contributed by atoms with Crippen LogP contribution in [0.15, 0.2) is 18.5 Å². The van der Waals surface area contributed by atoms with Gasteiger partial charge in [0.15, 0.2) is 0 Å². The highest BCUT2D eigenvalue weighted by Crippen LogP contribution is 2.12. The Morgan fingerprint density at radius 3 is 2.91 bits per heavy atom. The minimum Gasteiger partial charge on any atom is -0.324 e. The van der Waals surface area contributed by atoms with Crippen molar-refractivity contribution in [2.45, 2.75) is 13.0 Å². The molecule has 1 aromatic rings. The Balaban J connectivity index is 3.15. The first-order chi connectivity index (χ1) is 5.25. The van der Waals surface area contributed by atoms with E-state index in [9.17, 15) is 0 Å². The maximum absolute atomic E-state index is 8.63. The average Bonchev–Trinajstić information content (AvgIpc) is 2.04. The van der Waals surface area contributed by atoms with E-state index in [0.717, 1.165) is 5.56 Å². The summed E-state index contributed by atoms with van der Waals surface area (Å²) in [5, 5.41) is 8.63. The van der Waals surface area contributed by atoms with Gasteiger partial charge in [-0.1, -0.05) is 0 Å². The number of nitrogens with zero attached hydrogens (tertiary/aromatic N) is 2. The summed E-state index contributed by atoms with van der Waals surface area (Å²) in [4.78, 5) is 3.88. The number of rotatable bonds is 1. The summed E-state index contributed by atoms with van der Waals surface area (Å²) in [6.07, 6.45) is 3.22. The molecule has 3 heteroatoms. The molecule has 0 saturated heterocycles. The number of hydrogen-bond donors (Lipinski definition) is 1. The summed E-state index contributed by atoms with van der Waals surface area (Å²) in [5.41, 5.74) is 7.01. The zero-order chi connectivity index (χ0) is 8.27. The summed E-state index contributed by atoms with van der Waals surface area (Å²) in [6.45, 7) is 1.83. The summed E-state index contributed by atoms with van der Waals surface area (Å²) in [7, 11) is 0. The maximum Gasteiger partial charge on any atom is 0.0996 e. The highest BCUT2D eigenvalue weighted by Gasteiger charge is 2.04. The van der Waals surface area contributed by atoms with Gasteiger partial charge in [0.05, 0.1) is 11.6 Å². The molecule has 1 aromatic heterocycles. The molecule has 0 spiro atoms. The van der Waals surface area contributed by atoms with E-state index < -0.39 is 0 Å². The van der Waals surface area contributed by atoms with Gasteiger partial charge in [-0.25, -0.2) is 0 Å². The Kier molecular flexibility index (Phi) is 2.19. The fourth-order valence-electron chi connectivity index (χ4n) is 0.871. The molecular weight excluding hydrogens is 138 g/mol. The van der Waals surface area contributed by atoms with Crippen LogP contribution < -0.4 is 5.73 Å². The predicted octanol–water partition coefficient (Wildman–Crippen LogP) is 0.973. The Bertz CT molecular complexity index is 286. The number of nitrogens with two attached hydrogens (primary N) is 1. The molecule has 0 unspecified atom stereocenters. The highest BCUT2D eigenvalue weighted by molar-refractivity contribution is 5.36. The van der Waals surface area contributed by atoms with Crippen LogP contribution in [0.5, 0.6) is 0 Å². The standard InChI is InChI=1S/C8H9N3/c1-6(10)8-5-11-3-2-7(8)4-9/h2-3,5-6H,10H2,1H3/t6-/m1/s1. The molecule has 0 aromatic carbocycles. The zero-order valence-electron chi connectivity index (χ0n) is 6.28. The lowest BCUT2D eigenvalue weighted by molar-refractivity contribution is 0.808. The van der Waals surface area contributed by atoms with Gasteiger partial charge < -0.3 is 5.73 Å². The van der Waals surface area contributed by atoms with Crippen LogP contribution in [0.2, 0.25) is 0 Å². The molecule has 2 N–H and O–H groups in total. The molecule has 1 rings (SSSR count). The van der Waals surface area contributed by atoms with Crippen molar-refractivity contribution >= 4 is 0 Å². The first-order valence-corrected chi connectivity index (χ1v) is 3.35. The lowest BCUT2D eigenvalue weighted by Gasteiger charge is -2.04. The summed E-state index contributed by atoms with van der Waals surface area (Å²) in [5.74, 6) is 0. The summed E-state index contributed by atoms with van der Waals surface area (Å²) < 4.78 is 0. The lowest BCUT2D eigenvalue weighted by atomic mass is 10.1. The molecule has 0 amide bonds. The van der Waals surface area contributed by atoms with E-state index in [4.69, 9.17) is 11.0 Å². The monoisotopic (exact) mass is 147 g/mol. The van der Waals surface area contributed by atoms with Crippen LogP contribution in [0.4, 0.5) is 0 Å². The first kappa shape index (κ1) is 7.70. The lowest BCUT2D eigenvalue weighted by Crippen LogP contribution is -2.07. The quantitative estimate of drug-likeness (QED) is 0.643. The van der Waals surface area contributed by atoms with E-state index in [2.05, 4.69) is 11.1 Å². The van der Waals surface area contributed by atoms with E-state index in [-0.39, 0.29) is 6.04 Å². The molecule has 0 aliphatic heterocycles. The Morgan fingerprint density at radius 2 is 2.45 bits per heavy atom. The second kappa shape index (κ2) is 3.13. The van der Waals surface area contributed by atoms with E-state index in [1.54, 1.807) is 18.5 Å². The number of hydrogen-bond acceptors (Lipinski definition) is 3. The fourth-order valence-corrected chi connectivity index (χ4v) is 0.871. The van der Waals surface area contributed by atoms with Crippen LogP contribution in [0.1, 0.15) is 24.1 Å². The van der Waals surface area contributed by atoms with Gasteiger partial charge in [0, 0.05) is 24.0 Å². The molecule has 56 valence electrons. The van der Waals surface area contributed by atoms with Gasteiger partial charge in [0.25, 0.3) is 0 Å². The maximum atomic E-state index is 8.63. The van der Waals surface area contributed by atoms with Crippen molar-refractivity contribution in [3.8, 4) is 6.07 Å². The topological polar surface area (TPSA) is 62.7 Å². The van der Waals surface area contributed by atoms with Crippen molar-refractivity contribution in [1.82, 2.24) is 4.98 Å². The third kappa shape index (κ3) is 1.54. The Morgan fingerprint density at radius 1 is 1.73 bits per heavy atom. The molecule has 0 bridgehead atoms. The van der Waals surface area contributed by atoms with Gasteiger partial charge in [-0.3, -0.25) is 4.98 Å². The molecular formula is C8H9N3. The SMILES string of the molecule is C[C@@H](N)c1cnccc1C#N. The minimum atomic E-state index is -0.127. The Hall–Kier alpha value is -1.40. The van der Waals surface area contributed by atoms with Gasteiger partial charge in [-0.2, -0.15) is 5.26 Å². The van der Waals surface area contributed by atoms with E-state index in [0.29, 0.717) is 5.56 Å². The summed E-state index contributed by atoms with van der Waals surface area (Å²) in [6, 6.07) is 3.60. The van der Waals surface area contributed by atoms with Gasteiger partial charge in [-0.15, -0.1) is 0 Å². The molecule has 11 heavy (non-hydrogen) atoms. The number of pyridine rings is 1. The smallest absolute Gasteiger partial charge is 0.0996 e. The van der Waals surface area contributed by atoms with Crippen LogP contribution in [-0.4, -0.2) is 4.98 Å². The largest absolute Gasteiger partial charge is 0.324 e. The predicted molar refractivity (Wildman–Crippen MR) is 41.6 cm³/mol. The zero-order valence-corrected chi connectivity index (χ0v) is 6.28. The minimum absolute atomic E-state index is 0.127. The fraction of sp³-hybridized carbons (Fsp3) is 0.250. The molecule has 1 heterocycles. The second-order valence-corrected chi connectivity index (χ2v) is 2.36. The first-order valence-electron chi connectivity index (χ1n) is 3.35. The average molecular weight is 147 g/mol. The number of aromatic nitrogens is 1. The van der Waals surface area contributed by atoms with Crippen LogP contribution in [-0.2, 0) is 0 Å². The molecule has 0 radical (unpaired) electrons. The summed E-state index contributed by atoms with van der Waals surface area (Å²) >= 11 is 0. The Labute approximate surface area is 65.5 Å².